The van der Waals surface area contributed by atoms with Crippen LogP contribution < -0.4 is 5.32 Å². The molecule has 11 heteroatoms. The van der Waals surface area contributed by atoms with Crippen molar-refractivity contribution in [3.8, 4) is 22.8 Å². The maximum Gasteiger partial charge on any atom is 0.277 e. The van der Waals surface area contributed by atoms with Crippen LogP contribution in [0.1, 0.15) is 5.89 Å². The van der Waals surface area contributed by atoms with Gasteiger partial charge in [-0.3, -0.25) is 9.78 Å². The summed E-state index contributed by atoms with van der Waals surface area (Å²) in [5.74, 6) is 0.974. The van der Waals surface area contributed by atoms with Crippen LogP contribution >= 0.6 is 23.4 Å². The molecule has 0 saturated heterocycles. The number of carbonyl (C=O) groups excluding carboxylic acids is 1. The number of halogens is 1. The first kappa shape index (κ1) is 19.1. The number of pyridine rings is 1. The van der Waals surface area contributed by atoms with E-state index in [0.717, 1.165) is 22.9 Å². The third kappa shape index (κ3) is 4.98. The summed E-state index contributed by atoms with van der Waals surface area (Å²) in [5.41, 5.74) is 1.53. The number of aromatic nitrogens is 5. The molecule has 3 aromatic heterocycles. The summed E-state index contributed by atoms with van der Waals surface area (Å²) in [6, 6.07) is 10.6. The van der Waals surface area contributed by atoms with Crippen molar-refractivity contribution in [2.24, 2.45) is 0 Å². The molecule has 0 saturated carbocycles. The number of nitrogens with one attached hydrogen (secondary N) is 1. The smallest absolute Gasteiger partial charge is 0.277 e. The molecule has 0 fully saturated rings. The average molecular weight is 429 g/mol. The number of hydrogen-bond acceptors (Lipinski definition) is 9. The van der Waals surface area contributed by atoms with Gasteiger partial charge in [-0.15, -0.1) is 10.2 Å². The predicted molar refractivity (Wildman–Crippen MR) is 105 cm³/mol. The van der Waals surface area contributed by atoms with E-state index in [4.69, 9.17) is 20.5 Å². The van der Waals surface area contributed by atoms with Gasteiger partial charge in [0.15, 0.2) is 0 Å². The van der Waals surface area contributed by atoms with E-state index < -0.39 is 0 Å². The lowest BCUT2D eigenvalue weighted by molar-refractivity contribution is -0.118. The highest BCUT2D eigenvalue weighted by molar-refractivity contribution is 7.99. The molecular weight excluding hydrogens is 416 g/mol. The summed E-state index contributed by atoms with van der Waals surface area (Å²) in [4.78, 5) is 20.2. The zero-order valence-corrected chi connectivity index (χ0v) is 16.4. The van der Waals surface area contributed by atoms with E-state index in [9.17, 15) is 4.79 Å². The Bertz CT molecular complexity index is 1100. The molecule has 0 radical (unpaired) electrons. The van der Waals surface area contributed by atoms with Gasteiger partial charge < -0.3 is 14.3 Å². The fraction of sp³-hybridized carbons (Fsp3) is 0.111. The minimum atomic E-state index is -0.232. The average Bonchev–Trinajstić information content (AvgIpc) is 3.42. The maximum atomic E-state index is 12.0. The number of thioether (sulfide) groups is 1. The summed E-state index contributed by atoms with van der Waals surface area (Å²) < 4.78 is 10.7. The van der Waals surface area contributed by atoms with Crippen molar-refractivity contribution in [3.63, 3.8) is 0 Å². The molecule has 0 atom stereocenters. The van der Waals surface area contributed by atoms with Crippen LogP contribution in [0.15, 0.2) is 63.0 Å². The van der Waals surface area contributed by atoms with Crippen LogP contribution in [0.2, 0.25) is 5.02 Å². The maximum absolute atomic E-state index is 12.0. The van der Waals surface area contributed by atoms with Gasteiger partial charge in [0.1, 0.15) is 0 Å². The monoisotopic (exact) mass is 428 g/mol. The summed E-state index contributed by atoms with van der Waals surface area (Å²) in [5, 5.41) is 15.4. The second-order valence-electron chi connectivity index (χ2n) is 5.69. The molecular formula is C18H13ClN6O3S. The molecule has 0 unspecified atom stereocenters. The Morgan fingerprint density at radius 2 is 1.86 bits per heavy atom. The lowest BCUT2D eigenvalue weighted by Gasteiger charge is -1.99. The van der Waals surface area contributed by atoms with Crippen LogP contribution in [0.4, 0.5) is 0 Å². The first-order valence-corrected chi connectivity index (χ1v) is 9.75. The predicted octanol–water partition coefficient (Wildman–Crippen LogP) is 3.24. The molecule has 3 heterocycles. The fourth-order valence-corrected chi connectivity index (χ4v) is 2.99. The number of rotatable bonds is 7. The van der Waals surface area contributed by atoms with E-state index in [0.29, 0.717) is 27.9 Å². The van der Waals surface area contributed by atoms with Crippen molar-refractivity contribution in [2.45, 2.75) is 11.8 Å². The zero-order chi connectivity index (χ0) is 20.1. The second kappa shape index (κ2) is 8.84. The van der Waals surface area contributed by atoms with E-state index in [1.807, 2.05) is 0 Å². The third-order valence-corrected chi connectivity index (χ3v) is 4.74. The second-order valence-corrected chi connectivity index (χ2v) is 7.06. The van der Waals surface area contributed by atoms with Gasteiger partial charge in [0, 0.05) is 28.5 Å². The van der Waals surface area contributed by atoms with Crippen molar-refractivity contribution in [3.05, 3.63) is 59.7 Å². The Balaban J connectivity index is 1.27. The molecule has 1 aromatic carbocycles. The highest BCUT2D eigenvalue weighted by atomic mass is 35.5. The van der Waals surface area contributed by atoms with E-state index in [-0.39, 0.29) is 18.2 Å². The van der Waals surface area contributed by atoms with Gasteiger partial charge in [0.05, 0.1) is 12.3 Å². The topological polar surface area (TPSA) is 120 Å². The van der Waals surface area contributed by atoms with E-state index in [1.54, 1.807) is 48.8 Å². The first-order valence-electron chi connectivity index (χ1n) is 8.39. The van der Waals surface area contributed by atoms with Gasteiger partial charge in [-0.05, 0) is 36.4 Å². The number of hydrogen-bond donors (Lipinski definition) is 1. The normalized spacial score (nSPS) is 10.8. The van der Waals surface area contributed by atoms with Crippen molar-refractivity contribution < 1.29 is 13.7 Å². The van der Waals surface area contributed by atoms with Gasteiger partial charge in [0.25, 0.3) is 5.22 Å². The van der Waals surface area contributed by atoms with Gasteiger partial charge >= 0.3 is 0 Å². The van der Waals surface area contributed by atoms with E-state index in [1.165, 1.54) is 0 Å². The van der Waals surface area contributed by atoms with Crippen molar-refractivity contribution in [1.29, 1.82) is 0 Å². The molecule has 4 rings (SSSR count). The van der Waals surface area contributed by atoms with Crippen LogP contribution in [-0.4, -0.2) is 37.0 Å². The molecule has 1 N–H and O–H groups in total. The number of amides is 1. The molecule has 0 spiro atoms. The quantitative estimate of drug-likeness (QED) is 0.442. The highest BCUT2D eigenvalue weighted by Crippen LogP contribution is 2.24. The lowest BCUT2D eigenvalue weighted by Crippen LogP contribution is -2.24. The number of benzene rings is 1. The van der Waals surface area contributed by atoms with Crippen LogP contribution in [0, 0.1) is 0 Å². The van der Waals surface area contributed by atoms with E-state index in [2.05, 4.69) is 30.6 Å². The van der Waals surface area contributed by atoms with Crippen LogP contribution in [-0.2, 0) is 11.3 Å². The molecule has 0 aliphatic rings. The van der Waals surface area contributed by atoms with Crippen LogP contribution in [0.3, 0.4) is 0 Å². The summed E-state index contributed by atoms with van der Waals surface area (Å²) in [6.07, 6.45) is 3.28. The SMILES string of the molecule is O=C(CSc1nnc(-c2ccc(Cl)cc2)o1)NCc1nc(-c2ccncc2)no1. The fourth-order valence-electron chi connectivity index (χ4n) is 2.27. The van der Waals surface area contributed by atoms with Gasteiger partial charge in [0.2, 0.25) is 23.5 Å². The standard InChI is InChI=1S/C18H13ClN6O3S/c19-13-3-1-12(2-4-13)17-23-24-18(27-17)29-10-14(26)21-9-15-22-16(25-28-15)11-5-7-20-8-6-11/h1-8H,9-10H2,(H,21,26). The van der Waals surface area contributed by atoms with Crippen molar-refractivity contribution in [2.75, 3.05) is 5.75 Å². The Morgan fingerprint density at radius 3 is 2.66 bits per heavy atom. The Kier molecular flexibility index (Phi) is 5.82. The lowest BCUT2D eigenvalue weighted by atomic mass is 10.2. The molecule has 9 nitrogen and oxygen atoms in total. The van der Waals surface area contributed by atoms with Gasteiger partial charge in [-0.2, -0.15) is 4.98 Å². The highest BCUT2D eigenvalue weighted by Gasteiger charge is 2.13. The summed E-state index contributed by atoms with van der Waals surface area (Å²) in [6.45, 7) is 0.122. The zero-order valence-electron chi connectivity index (χ0n) is 14.8. The number of nitrogens with zero attached hydrogens (tertiary/aromatic N) is 5. The molecule has 0 bridgehead atoms. The van der Waals surface area contributed by atoms with Crippen molar-refractivity contribution in [1.82, 2.24) is 30.6 Å². The van der Waals surface area contributed by atoms with Crippen LogP contribution in [0.5, 0.6) is 0 Å². The summed E-state index contributed by atoms with van der Waals surface area (Å²) in [7, 11) is 0. The first-order chi connectivity index (χ1) is 14.2. The minimum Gasteiger partial charge on any atom is -0.411 e. The van der Waals surface area contributed by atoms with Crippen molar-refractivity contribution >= 4 is 29.3 Å². The molecule has 4 aromatic rings. The molecule has 29 heavy (non-hydrogen) atoms. The van der Waals surface area contributed by atoms with Gasteiger partial charge in [-0.1, -0.05) is 28.5 Å². The minimum absolute atomic E-state index is 0.105. The molecule has 1 amide bonds. The Labute approximate surface area is 173 Å². The largest absolute Gasteiger partial charge is 0.411 e. The third-order valence-electron chi connectivity index (χ3n) is 3.67. The Hall–Kier alpha value is -3.24. The van der Waals surface area contributed by atoms with Crippen LogP contribution in [0.25, 0.3) is 22.8 Å². The van der Waals surface area contributed by atoms with Gasteiger partial charge in [-0.25, -0.2) is 0 Å². The summed E-state index contributed by atoms with van der Waals surface area (Å²) >= 11 is 7.00. The van der Waals surface area contributed by atoms with E-state index >= 15 is 0 Å². The Morgan fingerprint density at radius 1 is 1.07 bits per heavy atom. The molecule has 0 aliphatic carbocycles. The molecule has 146 valence electrons. The molecule has 0 aliphatic heterocycles. The number of carbonyl (C=O) groups is 1.